The predicted molar refractivity (Wildman–Crippen MR) is 65.7 cm³/mol. The first-order chi connectivity index (χ1) is 8.54. The SMILES string of the molecule is COC(=O)CCCC(=O)N(C)c1cccc(F)c1. The lowest BCUT2D eigenvalue weighted by atomic mass is 10.2. The summed E-state index contributed by atoms with van der Waals surface area (Å²) in [5.74, 6) is -0.887. The fourth-order valence-electron chi connectivity index (χ4n) is 1.48. The third-order valence-electron chi connectivity index (χ3n) is 2.57. The highest BCUT2D eigenvalue weighted by Crippen LogP contribution is 2.15. The number of hydrogen-bond acceptors (Lipinski definition) is 3. The maximum atomic E-state index is 13.0. The summed E-state index contributed by atoms with van der Waals surface area (Å²) in [4.78, 5) is 24.0. The number of carbonyl (C=O) groups excluding carboxylic acids is 2. The van der Waals surface area contributed by atoms with Gasteiger partial charge < -0.3 is 9.64 Å². The van der Waals surface area contributed by atoms with Crippen molar-refractivity contribution in [2.75, 3.05) is 19.1 Å². The lowest BCUT2D eigenvalue weighted by Gasteiger charge is -2.17. The number of rotatable bonds is 5. The number of halogens is 1. The molecule has 0 saturated carbocycles. The van der Waals surface area contributed by atoms with Gasteiger partial charge in [0.05, 0.1) is 7.11 Å². The molecule has 18 heavy (non-hydrogen) atoms. The summed E-state index contributed by atoms with van der Waals surface area (Å²) in [6, 6.07) is 5.81. The van der Waals surface area contributed by atoms with Gasteiger partial charge in [-0.05, 0) is 24.6 Å². The van der Waals surface area contributed by atoms with E-state index in [1.807, 2.05) is 0 Å². The Morgan fingerprint density at radius 2 is 2.06 bits per heavy atom. The fraction of sp³-hybridized carbons (Fsp3) is 0.385. The normalized spacial score (nSPS) is 9.94. The molecule has 1 aromatic rings. The van der Waals surface area contributed by atoms with Crippen molar-refractivity contribution in [3.05, 3.63) is 30.1 Å². The minimum absolute atomic E-state index is 0.162. The van der Waals surface area contributed by atoms with Crippen LogP contribution in [0.25, 0.3) is 0 Å². The van der Waals surface area contributed by atoms with E-state index in [9.17, 15) is 14.0 Å². The molecule has 98 valence electrons. The molecular formula is C13H16FNO3. The third kappa shape index (κ3) is 4.16. The van der Waals surface area contributed by atoms with Gasteiger partial charge >= 0.3 is 5.97 Å². The highest BCUT2D eigenvalue weighted by atomic mass is 19.1. The van der Waals surface area contributed by atoms with Crippen molar-refractivity contribution in [1.82, 2.24) is 0 Å². The minimum Gasteiger partial charge on any atom is -0.469 e. The van der Waals surface area contributed by atoms with Gasteiger partial charge in [-0.1, -0.05) is 6.07 Å². The van der Waals surface area contributed by atoms with E-state index in [-0.39, 0.29) is 30.5 Å². The van der Waals surface area contributed by atoms with Crippen LogP contribution >= 0.6 is 0 Å². The Labute approximate surface area is 105 Å². The number of anilines is 1. The Morgan fingerprint density at radius 3 is 2.67 bits per heavy atom. The van der Waals surface area contributed by atoms with Crippen LogP contribution in [0, 0.1) is 5.82 Å². The van der Waals surface area contributed by atoms with E-state index < -0.39 is 0 Å². The van der Waals surface area contributed by atoms with Gasteiger partial charge in [0.2, 0.25) is 5.91 Å². The van der Waals surface area contributed by atoms with Crippen molar-refractivity contribution >= 4 is 17.6 Å². The molecule has 0 saturated heterocycles. The molecule has 1 amide bonds. The van der Waals surface area contributed by atoms with Crippen molar-refractivity contribution in [2.45, 2.75) is 19.3 Å². The van der Waals surface area contributed by atoms with Gasteiger partial charge in [0, 0.05) is 25.6 Å². The van der Waals surface area contributed by atoms with Crippen LogP contribution in [0.5, 0.6) is 0 Å². The lowest BCUT2D eigenvalue weighted by molar-refractivity contribution is -0.140. The Hall–Kier alpha value is -1.91. The summed E-state index contributed by atoms with van der Waals surface area (Å²) >= 11 is 0. The molecule has 0 spiro atoms. The van der Waals surface area contributed by atoms with Crippen molar-refractivity contribution in [1.29, 1.82) is 0 Å². The largest absolute Gasteiger partial charge is 0.469 e. The molecule has 0 aromatic heterocycles. The molecule has 0 N–H and O–H groups in total. The maximum Gasteiger partial charge on any atom is 0.305 e. The van der Waals surface area contributed by atoms with Gasteiger partial charge in [-0.15, -0.1) is 0 Å². The first-order valence-electron chi connectivity index (χ1n) is 5.63. The Balaban J connectivity index is 2.49. The molecule has 0 aliphatic heterocycles. The standard InChI is InChI=1S/C13H16FNO3/c1-15(11-6-3-5-10(14)9-11)12(16)7-4-8-13(17)18-2/h3,5-6,9H,4,7-8H2,1-2H3. The quantitative estimate of drug-likeness (QED) is 0.755. The van der Waals surface area contributed by atoms with E-state index in [4.69, 9.17) is 0 Å². The molecule has 0 unspecified atom stereocenters. The second-order valence-corrected chi connectivity index (χ2v) is 3.86. The highest BCUT2D eigenvalue weighted by molar-refractivity contribution is 5.92. The van der Waals surface area contributed by atoms with Crippen LogP contribution in [-0.2, 0) is 14.3 Å². The number of methoxy groups -OCH3 is 1. The zero-order valence-corrected chi connectivity index (χ0v) is 10.5. The molecule has 0 heterocycles. The van der Waals surface area contributed by atoms with Crippen LogP contribution in [0.1, 0.15) is 19.3 Å². The first-order valence-corrected chi connectivity index (χ1v) is 5.63. The average Bonchev–Trinajstić information content (AvgIpc) is 2.37. The van der Waals surface area contributed by atoms with Gasteiger partial charge in [0.25, 0.3) is 0 Å². The third-order valence-corrected chi connectivity index (χ3v) is 2.57. The van der Waals surface area contributed by atoms with E-state index in [0.29, 0.717) is 12.1 Å². The van der Waals surface area contributed by atoms with E-state index >= 15 is 0 Å². The van der Waals surface area contributed by atoms with Crippen LogP contribution in [0.3, 0.4) is 0 Å². The van der Waals surface area contributed by atoms with Gasteiger partial charge in [-0.3, -0.25) is 9.59 Å². The Kier molecular flexibility index (Phi) is 5.30. The molecule has 4 nitrogen and oxygen atoms in total. The summed E-state index contributed by atoms with van der Waals surface area (Å²) in [5.41, 5.74) is 0.498. The average molecular weight is 253 g/mol. The number of nitrogens with zero attached hydrogens (tertiary/aromatic N) is 1. The Morgan fingerprint density at radius 1 is 1.33 bits per heavy atom. The molecule has 0 bridgehead atoms. The molecule has 0 radical (unpaired) electrons. The number of carbonyl (C=O) groups is 2. The van der Waals surface area contributed by atoms with Gasteiger partial charge in [0.1, 0.15) is 5.82 Å². The van der Waals surface area contributed by atoms with Crippen molar-refractivity contribution < 1.29 is 18.7 Å². The minimum atomic E-state index is -0.387. The van der Waals surface area contributed by atoms with Crippen molar-refractivity contribution in [3.63, 3.8) is 0 Å². The second kappa shape index (κ2) is 6.74. The number of amides is 1. The zero-order chi connectivity index (χ0) is 13.5. The second-order valence-electron chi connectivity index (χ2n) is 3.86. The van der Waals surface area contributed by atoms with Crippen molar-refractivity contribution in [2.24, 2.45) is 0 Å². The molecule has 0 aliphatic carbocycles. The molecule has 0 aliphatic rings. The summed E-state index contributed by atoms with van der Waals surface area (Å²) in [7, 11) is 2.89. The number of ether oxygens (including phenoxy) is 1. The van der Waals surface area contributed by atoms with Gasteiger partial charge in [0.15, 0.2) is 0 Å². The van der Waals surface area contributed by atoms with Crippen molar-refractivity contribution in [3.8, 4) is 0 Å². The van der Waals surface area contributed by atoms with Crippen LogP contribution in [-0.4, -0.2) is 26.0 Å². The number of benzene rings is 1. The molecule has 0 fully saturated rings. The van der Waals surface area contributed by atoms with E-state index in [2.05, 4.69) is 4.74 Å². The summed E-state index contributed by atoms with van der Waals surface area (Å²) in [6.07, 6.45) is 0.854. The summed E-state index contributed by atoms with van der Waals surface area (Å²) in [6.45, 7) is 0. The number of hydrogen-bond donors (Lipinski definition) is 0. The maximum absolute atomic E-state index is 13.0. The van der Waals surface area contributed by atoms with Gasteiger partial charge in [-0.25, -0.2) is 4.39 Å². The van der Waals surface area contributed by atoms with Gasteiger partial charge in [-0.2, -0.15) is 0 Å². The topological polar surface area (TPSA) is 46.6 Å². The smallest absolute Gasteiger partial charge is 0.305 e. The zero-order valence-electron chi connectivity index (χ0n) is 10.5. The predicted octanol–water partition coefficient (Wildman–Crippen LogP) is 2.13. The molecular weight excluding hydrogens is 237 g/mol. The van der Waals surface area contributed by atoms with Crippen LogP contribution in [0.15, 0.2) is 24.3 Å². The molecule has 0 atom stereocenters. The summed E-state index contributed by atoms with van der Waals surface area (Å²) < 4.78 is 17.5. The van der Waals surface area contributed by atoms with E-state index in [1.54, 1.807) is 19.2 Å². The van der Waals surface area contributed by atoms with E-state index in [0.717, 1.165) is 0 Å². The monoisotopic (exact) mass is 253 g/mol. The van der Waals surface area contributed by atoms with E-state index in [1.165, 1.54) is 24.1 Å². The highest BCUT2D eigenvalue weighted by Gasteiger charge is 2.12. The van der Waals surface area contributed by atoms with Crippen LogP contribution in [0.2, 0.25) is 0 Å². The lowest BCUT2D eigenvalue weighted by Crippen LogP contribution is -2.26. The first kappa shape index (κ1) is 14.2. The Bertz CT molecular complexity index is 434. The molecule has 1 rings (SSSR count). The number of esters is 1. The molecule has 5 heteroatoms. The van der Waals surface area contributed by atoms with Crippen LogP contribution in [0.4, 0.5) is 10.1 Å². The molecule has 1 aromatic carbocycles. The van der Waals surface area contributed by atoms with Crippen LogP contribution < -0.4 is 4.90 Å². The summed E-state index contributed by atoms with van der Waals surface area (Å²) in [5, 5.41) is 0. The fourth-order valence-corrected chi connectivity index (χ4v) is 1.48.